The van der Waals surface area contributed by atoms with Gasteiger partial charge in [-0.2, -0.15) is 0 Å². The van der Waals surface area contributed by atoms with E-state index in [-0.39, 0.29) is 6.09 Å². The largest absolute Gasteiger partial charge is 0.444 e. The van der Waals surface area contributed by atoms with Crippen molar-refractivity contribution in [1.82, 2.24) is 15.1 Å². The highest BCUT2D eigenvalue weighted by Gasteiger charge is 2.29. The van der Waals surface area contributed by atoms with Gasteiger partial charge in [-0.15, -0.1) is 0 Å². The summed E-state index contributed by atoms with van der Waals surface area (Å²) >= 11 is 0. The Hall–Kier alpha value is -0.810. The summed E-state index contributed by atoms with van der Waals surface area (Å²) in [4.78, 5) is 16.4. The van der Waals surface area contributed by atoms with Crippen LogP contribution in [0, 0.1) is 5.92 Å². The zero-order valence-corrected chi connectivity index (χ0v) is 14.6. The van der Waals surface area contributed by atoms with Gasteiger partial charge in [-0.05, 0) is 65.6 Å². The highest BCUT2D eigenvalue weighted by molar-refractivity contribution is 5.68. The van der Waals surface area contributed by atoms with Crippen LogP contribution in [0.15, 0.2) is 0 Å². The number of ether oxygens (including phenoxy) is 1. The molecule has 1 amide bonds. The minimum atomic E-state index is -0.401. The summed E-state index contributed by atoms with van der Waals surface area (Å²) in [5, 5.41) is 3.56. The second kappa shape index (κ2) is 8.16. The summed E-state index contributed by atoms with van der Waals surface area (Å²) in [5.41, 5.74) is -0.401. The fourth-order valence-electron chi connectivity index (χ4n) is 3.22. The number of piperidine rings is 1. The fourth-order valence-corrected chi connectivity index (χ4v) is 3.22. The van der Waals surface area contributed by atoms with Crippen molar-refractivity contribution in [3.8, 4) is 0 Å². The molecule has 22 heavy (non-hydrogen) atoms. The minimum Gasteiger partial charge on any atom is -0.444 e. The summed E-state index contributed by atoms with van der Waals surface area (Å²) in [7, 11) is 0. The Morgan fingerprint density at radius 1 is 1.18 bits per heavy atom. The number of nitrogens with zero attached hydrogens (tertiary/aromatic N) is 2. The average molecular weight is 311 g/mol. The van der Waals surface area contributed by atoms with Crippen molar-refractivity contribution < 1.29 is 9.53 Å². The first-order chi connectivity index (χ1) is 10.4. The molecule has 0 bridgehead atoms. The van der Waals surface area contributed by atoms with E-state index in [1.54, 1.807) is 0 Å². The van der Waals surface area contributed by atoms with E-state index in [9.17, 15) is 4.79 Å². The number of rotatable bonds is 5. The van der Waals surface area contributed by atoms with Gasteiger partial charge in [0.05, 0.1) is 0 Å². The molecule has 2 rings (SSSR count). The van der Waals surface area contributed by atoms with E-state index in [1.807, 2.05) is 25.7 Å². The van der Waals surface area contributed by atoms with Gasteiger partial charge in [0.25, 0.3) is 0 Å². The lowest BCUT2D eigenvalue weighted by molar-refractivity contribution is 0.0288. The molecule has 2 heterocycles. The molecule has 2 aliphatic rings. The van der Waals surface area contributed by atoms with E-state index < -0.39 is 5.60 Å². The van der Waals surface area contributed by atoms with Crippen molar-refractivity contribution in [2.45, 2.75) is 52.1 Å². The topological polar surface area (TPSA) is 44.8 Å². The van der Waals surface area contributed by atoms with E-state index in [4.69, 9.17) is 4.74 Å². The van der Waals surface area contributed by atoms with Gasteiger partial charge < -0.3 is 19.9 Å². The Morgan fingerprint density at radius 2 is 1.91 bits per heavy atom. The molecule has 0 aromatic carbocycles. The molecule has 1 N–H and O–H groups in total. The highest BCUT2D eigenvalue weighted by atomic mass is 16.6. The van der Waals surface area contributed by atoms with Crippen LogP contribution in [0.5, 0.6) is 0 Å². The molecule has 0 unspecified atom stereocenters. The van der Waals surface area contributed by atoms with Crippen LogP contribution in [0.3, 0.4) is 0 Å². The van der Waals surface area contributed by atoms with Crippen molar-refractivity contribution in [3.05, 3.63) is 0 Å². The Balaban J connectivity index is 1.57. The molecule has 2 fully saturated rings. The van der Waals surface area contributed by atoms with Crippen LogP contribution in [0.4, 0.5) is 4.79 Å². The second-order valence-electron chi connectivity index (χ2n) is 7.69. The zero-order chi connectivity index (χ0) is 16.0. The van der Waals surface area contributed by atoms with E-state index in [0.717, 1.165) is 39.1 Å². The summed E-state index contributed by atoms with van der Waals surface area (Å²) in [6.45, 7) is 13.1. The minimum absolute atomic E-state index is 0.164. The molecular weight excluding hydrogens is 278 g/mol. The first kappa shape index (κ1) is 17.5. The van der Waals surface area contributed by atoms with Gasteiger partial charge in [0.15, 0.2) is 0 Å². The Morgan fingerprint density at radius 3 is 2.59 bits per heavy atom. The van der Waals surface area contributed by atoms with E-state index in [2.05, 4.69) is 10.2 Å². The Bertz CT molecular complexity index is 348. The molecule has 1 atom stereocenters. The molecule has 0 spiro atoms. The number of nitrogens with one attached hydrogen (secondary N) is 1. The first-order valence-corrected chi connectivity index (χ1v) is 8.85. The molecular formula is C17H33N3O2. The maximum absolute atomic E-state index is 12.0. The molecule has 2 aliphatic heterocycles. The van der Waals surface area contributed by atoms with Crippen LogP contribution in [-0.2, 0) is 4.74 Å². The van der Waals surface area contributed by atoms with Gasteiger partial charge in [-0.3, -0.25) is 0 Å². The molecule has 128 valence electrons. The number of carbonyl (C=O) groups is 1. The van der Waals surface area contributed by atoms with Gasteiger partial charge in [0.1, 0.15) is 5.60 Å². The van der Waals surface area contributed by atoms with Crippen molar-refractivity contribution in [3.63, 3.8) is 0 Å². The molecule has 5 nitrogen and oxygen atoms in total. The predicted molar refractivity (Wildman–Crippen MR) is 89.1 cm³/mol. The number of carbonyl (C=O) groups excluding carboxylic acids is 1. The number of hydrogen-bond acceptors (Lipinski definition) is 4. The molecule has 0 radical (unpaired) electrons. The number of hydrogen-bond donors (Lipinski definition) is 1. The maximum atomic E-state index is 12.0. The van der Waals surface area contributed by atoms with Gasteiger partial charge in [0.2, 0.25) is 0 Å². The van der Waals surface area contributed by atoms with Gasteiger partial charge >= 0.3 is 6.09 Å². The highest BCUT2D eigenvalue weighted by Crippen LogP contribution is 2.18. The summed E-state index contributed by atoms with van der Waals surface area (Å²) in [6.07, 6.45) is 5.02. The van der Waals surface area contributed by atoms with Gasteiger partial charge in [0, 0.05) is 26.2 Å². The van der Waals surface area contributed by atoms with Crippen LogP contribution in [0.2, 0.25) is 0 Å². The van der Waals surface area contributed by atoms with Crippen molar-refractivity contribution in [2.75, 3.05) is 45.8 Å². The zero-order valence-electron chi connectivity index (χ0n) is 14.6. The predicted octanol–water partition coefficient (Wildman–Crippen LogP) is 2.32. The lowest BCUT2D eigenvalue weighted by atomic mass is 10.1. The van der Waals surface area contributed by atoms with Crippen molar-refractivity contribution in [2.24, 2.45) is 5.92 Å². The van der Waals surface area contributed by atoms with E-state index in [0.29, 0.717) is 5.92 Å². The van der Waals surface area contributed by atoms with Crippen LogP contribution >= 0.6 is 0 Å². The van der Waals surface area contributed by atoms with Gasteiger partial charge in [-0.1, -0.05) is 6.42 Å². The molecule has 5 heteroatoms. The molecule has 0 aliphatic carbocycles. The Labute approximate surface area is 135 Å². The standard InChI is InChI=1S/C17H33N3O2/c1-17(2,3)22-16(21)20-11-7-15(14-20)13-18-8-12-19-9-5-4-6-10-19/h15,18H,4-14H2,1-3H3/t15-/m0/s1. The van der Waals surface area contributed by atoms with E-state index in [1.165, 1.54) is 32.4 Å². The summed E-state index contributed by atoms with van der Waals surface area (Å²) in [5.74, 6) is 0.564. The number of likely N-dealkylation sites (tertiary alicyclic amines) is 2. The lowest BCUT2D eigenvalue weighted by Crippen LogP contribution is -2.38. The van der Waals surface area contributed by atoms with Crippen LogP contribution in [-0.4, -0.2) is 67.3 Å². The van der Waals surface area contributed by atoms with Crippen LogP contribution < -0.4 is 5.32 Å². The molecule has 0 aromatic rings. The molecule has 0 aromatic heterocycles. The van der Waals surface area contributed by atoms with E-state index >= 15 is 0 Å². The van der Waals surface area contributed by atoms with Crippen molar-refractivity contribution in [1.29, 1.82) is 0 Å². The molecule has 0 saturated carbocycles. The monoisotopic (exact) mass is 311 g/mol. The quantitative estimate of drug-likeness (QED) is 0.792. The third kappa shape index (κ3) is 6.13. The third-order valence-corrected chi connectivity index (χ3v) is 4.42. The van der Waals surface area contributed by atoms with Crippen molar-refractivity contribution >= 4 is 6.09 Å². The SMILES string of the molecule is CC(C)(C)OC(=O)N1CC[C@@H](CNCCN2CCCCC2)C1. The smallest absolute Gasteiger partial charge is 0.410 e. The fraction of sp³-hybridized carbons (Fsp3) is 0.941. The number of amides is 1. The molecule has 2 saturated heterocycles. The first-order valence-electron chi connectivity index (χ1n) is 8.85. The van der Waals surface area contributed by atoms with Crippen LogP contribution in [0.25, 0.3) is 0 Å². The normalized spacial score (nSPS) is 23.8. The maximum Gasteiger partial charge on any atom is 0.410 e. The lowest BCUT2D eigenvalue weighted by Gasteiger charge is -2.26. The summed E-state index contributed by atoms with van der Waals surface area (Å²) in [6, 6.07) is 0. The average Bonchev–Trinajstić information content (AvgIpc) is 2.92. The Kier molecular flexibility index (Phi) is 6.50. The van der Waals surface area contributed by atoms with Crippen LogP contribution in [0.1, 0.15) is 46.5 Å². The third-order valence-electron chi connectivity index (χ3n) is 4.42. The summed E-state index contributed by atoms with van der Waals surface area (Å²) < 4.78 is 5.43. The van der Waals surface area contributed by atoms with Gasteiger partial charge in [-0.25, -0.2) is 4.79 Å². The second-order valence-corrected chi connectivity index (χ2v) is 7.69.